The molecule has 0 radical (unpaired) electrons. The van der Waals surface area contributed by atoms with Gasteiger partial charge in [0.1, 0.15) is 0 Å². The highest BCUT2D eigenvalue weighted by Gasteiger charge is 2.41. The first-order valence-electron chi connectivity index (χ1n) is 5.28. The van der Waals surface area contributed by atoms with Crippen LogP contribution in [0.2, 0.25) is 0 Å². The Bertz CT molecular complexity index is 159. The number of hydrogen-bond donors (Lipinski definition) is 2. The average Bonchev–Trinajstić information content (AvgIpc) is 2.18. The molecule has 1 aliphatic rings. The maximum Gasteiger partial charge on any atom is 0.391 e. The Hall–Kier alpha value is -0.290. The zero-order chi connectivity index (χ0) is 11.9. The molecule has 2 unspecified atom stereocenters. The third-order valence-corrected chi connectivity index (χ3v) is 2.55. The van der Waals surface area contributed by atoms with E-state index >= 15 is 0 Å². The van der Waals surface area contributed by atoms with Crippen molar-refractivity contribution in [1.29, 1.82) is 0 Å². The topological polar surface area (TPSA) is 24.1 Å². The first kappa shape index (κ1) is 14.7. The molecular formula is C10H21F3N2. The van der Waals surface area contributed by atoms with Gasteiger partial charge in [-0.05, 0) is 40.4 Å². The maximum absolute atomic E-state index is 12.2. The van der Waals surface area contributed by atoms with Crippen molar-refractivity contribution in [3.8, 4) is 0 Å². The molecule has 2 N–H and O–H groups in total. The number of halogens is 3. The molecule has 2 atom stereocenters. The fourth-order valence-corrected chi connectivity index (χ4v) is 1.75. The lowest BCUT2D eigenvalue weighted by Crippen LogP contribution is -2.36. The van der Waals surface area contributed by atoms with E-state index in [0.29, 0.717) is 12.8 Å². The maximum atomic E-state index is 12.2. The molecule has 1 aliphatic carbocycles. The van der Waals surface area contributed by atoms with Gasteiger partial charge in [0.25, 0.3) is 0 Å². The molecule has 1 saturated carbocycles. The number of alkyl halides is 3. The van der Waals surface area contributed by atoms with Crippen LogP contribution < -0.4 is 10.6 Å². The average molecular weight is 226 g/mol. The van der Waals surface area contributed by atoms with Gasteiger partial charge in [-0.15, -0.1) is 0 Å². The minimum atomic E-state index is -3.99. The second kappa shape index (κ2) is 7.06. The van der Waals surface area contributed by atoms with E-state index in [1.165, 1.54) is 0 Å². The van der Waals surface area contributed by atoms with Crippen molar-refractivity contribution in [3.05, 3.63) is 0 Å². The van der Waals surface area contributed by atoms with Gasteiger partial charge in [0.2, 0.25) is 0 Å². The second-order valence-corrected chi connectivity index (χ2v) is 3.89. The van der Waals surface area contributed by atoms with Crippen molar-refractivity contribution >= 4 is 0 Å². The van der Waals surface area contributed by atoms with Crippen LogP contribution in [0.15, 0.2) is 0 Å². The van der Waals surface area contributed by atoms with Gasteiger partial charge in [0.15, 0.2) is 0 Å². The molecule has 0 amide bonds. The van der Waals surface area contributed by atoms with Crippen LogP contribution in [0.5, 0.6) is 0 Å². The fourth-order valence-electron chi connectivity index (χ4n) is 1.75. The summed E-state index contributed by atoms with van der Waals surface area (Å²) >= 11 is 0. The van der Waals surface area contributed by atoms with Gasteiger partial charge in [-0.2, -0.15) is 13.2 Å². The van der Waals surface area contributed by atoms with E-state index in [1.807, 2.05) is 14.1 Å². The Morgan fingerprint density at radius 1 is 1.07 bits per heavy atom. The van der Waals surface area contributed by atoms with Crippen molar-refractivity contribution in [2.24, 2.45) is 5.92 Å². The number of rotatable bonds is 1. The van der Waals surface area contributed by atoms with Gasteiger partial charge in [-0.3, -0.25) is 0 Å². The second-order valence-electron chi connectivity index (χ2n) is 3.89. The lowest BCUT2D eigenvalue weighted by atomic mass is 9.85. The van der Waals surface area contributed by atoms with E-state index in [-0.39, 0.29) is 12.5 Å². The van der Waals surface area contributed by atoms with Gasteiger partial charge in [0, 0.05) is 6.04 Å². The van der Waals surface area contributed by atoms with Gasteiger partial charge in [-0.1, -0.05) is 6.42 Å². The minimum Gasteiger partial charge on any atom is -0.323 e. The highest BCUT2D eigenvalue weighted by molar-refractivity contribution is 4.80. The summed E-state index contributed by atoms with van der Waals surface area (Å²) in [6, 6.07) is 0.0605. The van der Waals surface area contributed by atoms with Crippen LogP contribution in [-0.4, -0.2) is 33.4 Å². The van der Waals surface area contributed by atoms with E-state index in [9.17, 15) is 13.2 Å². The van der Waals surface area contributed by atoms with Crippen LogP contribution >= 0.6 is 0 Å². The summed E-state index contributed by atoms with van der Waals surface area (Å²) in [7, 11) is 5.48. The monoisotopic (exact) mass is 226 g/mol. The van der Waals surface area contributed by atoms with Crippen LogP contribution in [0, 0.1) is 5.92 Å². The molecule has 5 heteroatoms. The summed E-state index contributed by atoms with van der Waals surface area (Å²) in [6.07, 6.45) is -1.87. The Morgan fingerprint density at radius 3 is 2.00 bits per heavy atom. The van der Waals surface area contributed by atoms with Gasteiger partial charge < -0.3 is 10.6 Å². The first-order valence-corrected chi connectivity index (χ1v) is 5.28. The van der Waals surface area contributed by atoms with E-state index in [4.69, 9.17) is 0 Å². The molecule has 1 rings (SSSR count). The van der Waals surface area contributed by atoms with E-state index in [2.05, 4.69) is 10.6 Å². The largest absolute Gasteiger partial charge is 0.391 e. The molecule has 1 fully saturated rings. The summed E-state index contributed by atoms with van der Waals surface area (Å²) in [4.78, 5) is 0. The van der Waals surface area contributed by atoms with Crippen LogP contribution in [0.1, 0.15) is 25.7 Å². The van der Waals surface area contributed by atoms with E-state index < -0.39 is 12.1 Å². The van der Waals surface area contributed by atoms with Crippen molar-refractivity contribution in [1.82, 2.24) is 10.6 Å². The van der Waals surface area contributed by atoms with Gasteiger partial charge in [-0.25, -0.2) is 0 Å². The van der Waals surface area contributed by atoms with Crippen molar-refractivity contribution < 1.29 is 13.2 Å². The van der Waals surface area contributed by atoms with Crippen LogP contribution in [-0.2, 0) is 0 Å². The third-order valence-electron chi connectivity index (χ3n) is 2.55. The van der Waals surface area contributed by atoms with Gasteiger partial charge in [0.05, 0.1) is 5.92 Å². The first-order chi connectivity index (χ1) is 6.95. The van der Waals surface area contributed by atoms with Crippen LogP contribution in [0.3, 0.4) is 0 Å². The van der Waals surface area contributed by atoms with Crippen LogP contribution in [0.25, 0.3) is 0 Å². The predicted molar refractivity (Wildman–Crippen MR) is 55.8 cm³/mol. The summed E-state index contributed by atoms with van der Waals surface area (Å²) in [5, 5.41) is 5.66. The molecule has 0 bridgehead atoms. The molecule has 0 aromatic heterocycles. The molecule has 0 heterocycles. The highest BCUT2D eigenvalue weighted by Crippen LogP contribution is 2.37. The summed E-state index contributed by atoms with van der Waals surface area (Å²) in [5.74, 6) is -1.08. The lowest BCUT2D eigenvalue weighted by Gasteiger charge is -2.30. The normalized spacial score (nSPS) is 26.8. The minimum absolute atomic E-state index is 0.0605. The standard InChI is InChI=1S/C8H14F3N.C2H7N/c1-12-7-4-2-3-6(5-7)8(9,10)11;1-3-2/h6-7,12H,2-5H2,1H3;3H,1-2H3. The molecule has 0 aromatic carbocycles. The number of hydrogen-bond acceptors (Lipinski definition) is 2. The summed E-state index contributed by atoms with van der Waals surface area (Å²) < 4.78 is 36.7. The molecule has 2 nitrogen and oxygen atoms in total. The fraction of sp³-hybridized carbons (Fsp3) is 1.00. The SMILES string of the molecule is CNC.CNC1CCCC(C(F)(F)F)C1. The highest BCUT2D eigenvalue weighted by atomic mass is 19.4. The predicted octanol–water partition coefficient (Wildman–Crippen LogP) is 2.16. The lowest BCUT2D eigenvalue weighted by molar-refractivity contribution is -0.183. The zero-order valence-corrected chi connectivity index (χ0v) is 9.62. The molecule has 92 valence electrons. The molecule has 0 saturated heterocycles. The summed E-state index contributed by atoms with van der Waals surface area (Å²) in [6.45, 7) is 0. The molecular weight excluding hydrogens is 205 g/mol. The summed E-state index contributed by atoms with van der Waals surface area (Å²) in [5.41, 5.74) is 0. The quantitative estimate of drug-likeness (QED) is 0.716. The van der Waals surface area contributed by atoms with E-state index in [1.54, 1.807) is 7.05 Å². The van der Waals surface area contributed by atoms with Crippen molar-refractivity contribution in [2.75, 3.05) is 21.1 Å². The van der Waals surface area contributed by atoms with Gasteiger partial charge >= 0.3 is 6.18 Å². The zero-order valence-electron chi connectivity index (χ0n) is 9.62. The molecule has 0 aliphatic heterocycles. The van der Waals surface area contributed by atoms with Crippen molar-refractivity contribution in [2.45, 2.75) is 37.9 Å². The third kappa shape index (κ3) is 5.99. The van der Waals surface area contributed by atoms with Crippen molar-refractivity contribution in [3.63, 3.8) is 0 Å². The Kier molecular flexibility index (Phi) is 6.92. The Morgan fingerprint density at radius 2 is 1.60 bits per heavy atom. The van der Waals surface area contributed by atoms with Crippen LogP contribution in [0.4, 0.5) is 13.2 Å². The molecule has 0 aromatic rings. The Balaban J connectivity index is 0.000000583. The molecule has 0 spiro atoms. The smallest absolute Gasteiger partial charge is 0.323 e. The number of nitrogens with one attached hydrogen (secondary N) is 2. The molecule has 15 heavy (non-hydrogen) atoms. The Labute approximate surface area is 89.6 Å². The van der Waals surface area contributed by atoms with E-state index in [0.717, 1.165) is 6.42 Å².